The SMILES string of the molecule is CNC(=O)[C@H](C)CNC(=O)OCc1ccccc1. The Balaban J connectivity index is 2.24. The van der Waals surface area contributed by atoms with Gasteiger partial charge < -0.3 is 15.4 Å². The summed E-state index contributed by atoms with van der Waals surface area (Å²) in [7, 11) is 1.56. The smallest absolute Gasteiger partial charge is 0.407 e. The molecule has 1 aromatic carbocycles. The Hall–Kier alpha value is -2.04. The number of benzene rings is 1. The van der Waals surface area contributed by atoms with Gasteiger partial charge in [0.15, 0.2) is 0 Å². The van der Waals surface area contributed by atoms with Crippen molar-refractivity contribution in [1.29, 1.82) is 0 Å². The van der Waals surface area contributed by atoms with E-state index in [1.807, 2.05) is 30.3 Å². The molecule has 0 spiro atoms. The first-order valence-corrected chi connectivity index (χ1v) is 5.79. The van der Waals surface area contributed by atoms with Crippen molar-refractivity contribution in [3.05, 3.63) is 35.9 Å². The van der Waals surface area contributed by atoms with Gasteiger partial charge in [0.1, 0.15) is 6.61 Å². The quantitative estimate of drug-likeness (QED) is 0.827. The summed E-state index contributed by atoms with van der Waals surface area (Å²) in [6.45, 7) is 2.21. The molecule has 98 valence electrons. The van der Waals surface area contributed by atoms with Crippen molar-refractivity contribution in [3.8, 4) is 0 Å². The molecule has 0 radical (unpaired) electrons. The Kier molecular flexibility index (Phi) is 5.70. The van der Waals surface area contributed by atoms with Crippen LogP contribution in [0.15, 0.2) is 30.3 Å². The highest BCUT2D eigenvalue weighted by Crippen LogP contribution is 2.00. The van der Waals surface area contributed by atoms with Gasteiger partial charge in [-0.2, -0.15) is 0 Å². The maximum Gasteiger partial charge on any atom is 0.407 e. The fraction of sp³-hybridized carbons (Fsp3) is 0.385. The molecule has 0 aliphatic heterocycles. The van der Waals surface area contributed by atoms with Crippen molar-refractivity contribution in [2.75, 3.05) is 13.6 Å². The third kappa shape index (κ3) is 4.86. The largest absolute Gasteiger partial charge is 0.445 e. The molecular formula is C13H18N2O3. The molecule has 5 nitrogen and oxygen atoms in total. The van der Waals surface area contributed by atoms with Crippen LogP contribution < -0.4 is 10.6 Å². The van der Waals surface area contributed by atoms with E-state index in [4.69, 9.17) is 4.74 Å². The monoisotopic (exact) mass is 250 g/mol. The van der Waals surface area contributed by atoms with E-state index in [2.05, 4.69) is 10.6 Å². The molecule has 1 rings (SSSR count). The average Bonchev–Trinajstić information content (AvgIpc) is 2.42. The van der Waals surface area contributed by atoms with E-state index in [-0.39, 0.29) is 25.0 Å². The number of carbonyl (C=O) groups is 2. The number of amides is 2. The summed E-state index contributed by atoms with van der Waals surface area (Å²) in [6, 6.07) is 9.41. The minimum absolute atomic E-state index is 0.113. The maximum atomic E-state index is 11.4. The second-order valence-electron chi connectivity index (χ2n) is 3.96. The molecule has 2 N–H and O–H groups in total. The van der Waals surface area contributed by atoms with Gasteiger partial charge in [-0.05, 0) is 5.56 Å². The number of hydrogen-bond acceptors (Lipinski definition) is 3. The second-order valence-corrected chi connectivity index (χ2v) is 3.96. The maximum absolute atomic E-state index is 11.4. The van der Waals surface area contributed by atoms with Crippen LogP contribution in [0.2, 0.25) is 0 Å². The van der Waals surface area contributed by atoms with E-state index in [9.17, 15) is 9.59 Å². The van der Waals surface area contributed by atoms with Crippen molar-refractivity contribution in [3.63, 3.8) is 0 Å². The van der Waals surface area contributed by atoms with Crippen molar-refractivity contribution in [1.82, 2.24) is 10.6 Å². The Morgan fingerprint density at radius 1 is 1.28 bits per heavy atom. The summed E-state index contributed by atoms with van der Waals surface area (Å²) in [5.74, 6) is -0.391. The lowest BCUT2D eigenvalue weighted by molar-refractivity contribution is -0.123. The lowest BCUT2D eigenvalue weighted by atomic mass is 10.2. The van der Waals surface area contributed by atoms with Crippen LogP contribution in [0.5, 0.6) is 0 Å². The third-order valence-corrected chi connectivity index (χ3v) is 2.46. The molecule has 0 saturated heterocycles. The molecule has 18 heavy (non-hydrogen) atoms. The molecule has 0 saturated carbocycles. The Bertz CT molecular complexity index is 392. The fourth-order valence-corrected chi connectivity index (χ4v) is 1.35. The number of ether oxygens (including phenoxy) is 1. The standard InChI is InChI=1S/C13H18N2O3/c1-10(12(16)14-2)8-15-13(17)18-9-11-6-4-3-5-7-11/h3-7,10H,8-9H2,1-2H3,(H,14,16)(H,15,17)/t10-/m1/s1. The Morgan fingerprint density at radius 2 is 1.94 bits per heavy atom. The first-order valence-electron chi connectivity index (χ1n) is 5.79. The zero-order valence-corrected chi connectivity index (χ0v) is 10.6. The van der Waals surface area contributed by atoms with Gasteiger partial charge in [-0.3, -0.25) is 4.79 Å². The summed E-state index contributed by atoms with van der Waals surface area (Å²) >= 11 is 0. The van der Waals surface area contributed by atoms with Gasteiger partial charge in [0, 0.05) is 13.6 Å². The normalized spacial score (nSPS) is 11.4. The third-order valence-electron chi connectivity index (χ3n) is 2.46. The summed E-state index contributed by atoms with van der Waals surface area (Å²) < 4.78 is 5.01. The zero-order chi connectivity index (χ0) is 13.4. The number of rotatable bonds is 5. The van der Waals surface area contributed by atoms with Crippen molar-refractivity contribution < 1.29 is 14.3 Å². The molecular weight excluding hydrogens is 232 g/mol. The predicted octanol–water partition coefficient (Wildman–Crippen LogP) is 1.29. The van der Waals surface area contributed by atoms with Crippen LogP contribution in [0.25, 0.3) is 0 Å². The topological polar surface area (TPSA) is 67.4 Å². The molecule has 1 aromatic rings. The molecule has 0 aliphatic rings. The van der Waals surface area contributed by atoms with E-state index in [1.165, 1.54) is 0 Å². The van der Waals surface area contributed by atoms with E-state index >= 15 is 0 Å². The molecule has 0 unspecified atom stereocenters. The van der Waals surface area contributed by atoms with Gasteiger partial charge in [-0.1, -0.05) is 37.3 Å². The summed E-state index contributed by atoms with van der Waals surface area (Å²) in [4.78, 5) is 22.6. The molecule has 5 heteroatoms. The predicted molar refractivity (Wildman–Crippen MR) is 67.9 cm³/mol. The highest BCUT2D eigenvalue weighted by molar-refractivity contribution is 5.78. The minimum atomic E-state index is -0.519. The Morgan fingerprint density at radius 3 is 2.56 bits per heavy atom. The number of alkyl carbamates (subject to hydrolysis) is 1. The van der Waals surface area contributed by atoms with Crippen molar-refractivity contribution in [2.24, 2.45) is 5.92 Å². The van der Waals surface area contributed by atoms with Gasteiger partial charge >= 0.3 is 6.09 Å². The molecule has 0 fully saturated rings. The number of carbonyl (C=O) groups excluding carboxylic acids is 2. The summed E-state index contributed by atoms with van der Waals surface area (Å²) in [6.07, 6.45) is -0.519. The Labute approximate surface area is 107 Å². The van der Waals surface area contributed by atoms with Crippen LogP contribution in [0.1, 0.15) is 12.5 Å². The fourth-order valence-electron chi connectivity index (χ4n) is 1.35. The molecule has 0 heterocycles. The molecule has 1 atom stereocenters. The molecule has 0 aromatic heterocycles. The zero-order valence-electron chi connectivity index (χ0n) is 10.6. The first-order chi connectivity index (χ1) is 8.63. The van der Waals surface area contributed by atoms with Crippen LogP contribution in [0.3, 0.4) is 0 Å². The highest BCUT2D eigenvalue weighted by atomic mass is 16.5. The summed E-state index contributed by atoms with van der Waals surface area (Å²) in [5, 5.41) is 5.06. The van der Waals surface area contributed by atoms with Gasteiger partial charge in [0.05, 0.1) is 5.92 Å². The minimum Gasteiger partial charge on any atom is -0.445 e. The van der Waals surface area contributed by atoms with E-state index in [0.717, 1.165) is 5.56 Å². The molecule has 2 amide bonds. The number of nitrogens with one attached hydrogen (secondary N) is 2. The summed E-state index contributed by atoms with van der Waals surface area (Å²) in [5.41, 5.74) is 0.923. The van der Waals surface area contributed by atoms with E-state index in [0.29, 0.717) is 0 Å². The van der Waals surface area contributed by atoms with Crippen LogP contribution in [-0.4, -0.2) is 25.6 Å². The lowest BCUT2D eigenvalue weighted by Gasteiger charge is -2.11. The number of hydrogen-bond donors (Lipinski definition) is 2. The van der Waals surface area contributed by atoms with Crippen LogP contribution in [-0.2, 0) is 16.1 Å². The van der Waals surface area contributed by atoms with Crippen LogP contribution >= 0.6 is 0 Å². The van der Waals surface area contributed by atoms with E-state index in [1.54, 1.807) is 14.0 Å². The van der Waals surface area contributed by atoms with Crippen molar-refractivity contribution >= 4 is 12.0 Å². The van der Waals surface area contributed by atoms with E-state index < -0.39 is 6.09 Å². The van der Waals surface area contributed by atoms with Crippen molar-refractivity contribution in [2.45, 2.75) is 13.5 Å². The van der Waals surface area contributed by atoms with Gasteiger partial charge in [-0.15, -0.1) is 0 Å². The van der Waals surface area contributed by atoms with Gasteiger partial charge in [-0.25, -0.2) is 4.79 Å². The first kappa shape index (κ1) is 14.0. The average molecular weight is 250 g/mol. The van der Waals surface area contributed by atoms with Crippen LogP contribution in [0.4, 0.5) is 4.79 Å². The molecule has 0 bridgehead atoms. The van der Waals surface area contributed by atoms with Crippen LogP contribution in [0, 0.1) is 5.92 Å². The molecule has 0 aliphatic carbocycles. The second kappa shape index (κ2) is 7.32. The van der Waals surface area contributed by atoms with Gasteiger partial charge in [0.25, 0.3) is 0 Å². The lowest BCUT2D eigenvalue weighted by Crippen LogP contribution is -2.36. The highest BCUT2D eigenvalue weighted by Gasteiger charge is 2.12. The van der Waals surface area contributed by atoms with Gasteiger partial charge in [0.2, 0.25) is 5.91 Å².